The number of carbonyl (C=O) groups excluding carboxylic acids is 1. The highest BCUT2D eigenvalue weighted by molar-refractivity contribution is 6.30. The van der Waals surface area contributed by atoms with E-state index in [0.717, 1.165) is 25.3 Å². The van der Waals surface area contributed by atoms with Crippen molar-refractivity contribution in [3.05, 3.63) is 65.4 Å². The molecule has 7 nitrogen and oxygen atoms in total. The molecule has 0 saturated carbocycles. The lowest BCUT2D eigenvalue weighted by Crippen LogP contribution is -2.28. The summed E-state index contributed by atoms with van der Waals surface area (Å²) in [5.41, 5.74) is 1.67. The number of anilines is 1. The minimum Gasteiger partial charge on any atom is -0.493 e. The van der Waals surface area contributed by atoms with Gasteiger partial charge in [0.15, 0.2) is 17.2 Å². The van der Waals surface area contributed by atoms with Gasteiger partial charge >= 0.3 is 0 Å². The molecule has 0 bridgehead atoms. The fourth-order valence-electron chi connectivity index (χ4n) is 3.09. The van der Waals surface area contributed by atoms with Crippen LogP contribution in [0.5, 0.6) is 11.5 Å². The highest BCUT2D eigenvalue weighted by Gasteiger charge is 2.13. The van der Waals surface area contributed by atoms with Gasteiger partial charge in [0.1, 0.15) is 6.61 Å². The van der Waals surface area contributed by atoms with E-state index < -0.39 is 0 Å². The Morgan fingerprint density at radius 3 is 2.65 bits per heavy atom. The van der Waals surface area contributed by atoms with Gasteiger partial charge in [-0.2, -0.15) is 5.10 Å². The van der Waals surface area contributed by atoms with Crippen LogP contribution in [-0.4, -0.2) is 53.9 Å². The van der Waals surface area contributed by atoms with Crippen molar-refractivity contribution in [3.8, 4) is 17.2 Å². The Kier molecular flexibility index (Phi) is 7.92. The molecular formula is C23H27ClN4O3. The van der Waals surface area contributed by atoms with Crippen LogP contribution < -0.4 is 14.8 Å². The Morgan fingerprint density at radius 2 is 1.94 bits per heavy atom. The molecule has 1 aromatic heterocycles. The highest BCUT2D eigenvalue weighted by atomic mass is 35.5. The van der Waals surface area contributed by atoms with Crippen molar-refractivity contribution in [2.24, 2.45) is 0 Å². The predicted molar refractivity (Wildman–Crippen MR) is 123 cm³/mol. The van der Waals surface area contributed by atoms with Crippen LogP contribution in [0, 0.1) is 0 Å². The number of aromatic nitrogens is 2. The van der Waals surface area contributed by atoms with Crippen LogP contribution in [0.15, 0.2) is 54.7 Å². The maximum absolute atomic E-state index is 12.7. The molecule has 0 saturated heterocycles. The van der Waals surface area contributed by atoms with Crippen molar-refractivity contribution in [2.45, 2.75) is 13.8 Å². The second-order valence-corrected chi connectivity index (χ2v) is 7.26. The van der Waals surface area contributed by atoms with Crippen molar-refractivity contribution in [1.82, 2.24) is 14.7 Å². The predicted octanol–water partition coefficient (Wildman–Crippen LogP) is 4.51. The fourth-order valence-corrected chi connectivity index (χ4v) is 3.28. The molecule has 0 atom stereocenters. The smallest absolute Gasteiger partial charge is 0.276 e. The van der Waals surface area contributed by atoms with Crippen LogP contribution in [0.1, 0.15) is 24.3 Å². The zero-order chi connectivity index (χ0) is 22.2. The molecule has 2 aromatic carbocycles. The van der Waals surface area contributed by atoms with Gasteiger partial charge < -0.3 is 19.7 Å². The highest BCUT2D eigenvalue weighted by Crippen LogP contribution is 2.30. The van der Waals surface area contributed by atoms with Gasteiger partial charge in [-0.25, -0.2) is 4.68 Å². The van der Waals surface area contributed by atoms with E-state index in [2.05, 4.69) is 29.2 Å². The van der Waals surface area contributed by atoms with E-state index in [1.54, 1.807) is 54.4 Å². The first kappa shape index (κ1) is 22.7. The van der Waals surface area contributed by atoms with Crippen LogP contribution in [0.3, 0.4) is 0 Å². The monoisotopic (exact) mass is 442 g/mol. The number of amides is 1. The van der Waals surface area contributed by atoms with Gasteiger partial charge in [0.05, 0.1) is 12.8 Å². The molecule has 0 radical (unpaired) electrons. The maximum atomic E-state index is 12.7. The molecule has 3 aromatic rings. The Hall–Kier alpha value is -3.03. The van der Waals surface area contributed by atoms with Gasteiger partial charge in [-0.3, -0.25) is 4.79 Å². The average Bonchev–Trinajstić information content (AvgIpc) is 3.27. The largest absolute Gasteiger partial charge is 0.493 e. The lowest BCUT2D eigenvalue weighted by Gasteiger charge is -2.19. The Morgan fingerprint density at radius 1 is 1.13 bits per heavy atom. The third-order valence-corrected chi connectivity index (χ3v) is 5.11. The van der Waals surface area contributed by atoms with Crippen LogP contribution in [0.25, 0.3) is 5.69 Å². The van der Waals surface area contributed by atoms with Gasteiger partial charge in [0.2, 0.25) is 0 Å². The van der Waals surface area contributed by atoms with Crippen molar-refractivity contribution in [1.29, 1.82) is 0 Å². The minimum absolute atomic E-state index is 0.291. The van der Waals surface area contributed by atoms with Gasteiger partial charge in [-0.1, -0.05) is 31.5 Å². The molecule has 0 spiro atoms. The average molecular weight is 443 g/mol. The fraction of sp³-hybridized carbons (Fsp3) is 0.304. The van der Waals surface area contributed by atoms with E-state index in [4.69, 9.17) is 21.1 Å². The molecule has 31 heavy (non-hydrogen) atoms. The third kappa shape index (κ3) is 5.99. The van der Waals surface area contributed by atoms with Crippen molar-refractivity contribution >= 4 is 23.2 Å². The lowest BCUT2D eigenvalue weighted by molar-refractivity contribution is 0.102. The topological polar surface area (TPSA) is 68.6 Å². The summed E-state index contributed by atoms with van der Waals surface area (Å²) in [6.07, 6.45) is 1.72. The molecular weight excluding hydrogens is 416 g/mol. The molecule has 0 aliphatic rings. The SMILES string of the molecule is CCN(CC)CCOc1cc(NC(=O)c2ccn(-c3cccc(Cl)c3)n2)ccc1OC. The number of benzene rings is 2. The first-order valence-corrected chi connectivity index (χ1v) is 10.6. The minimum atomic E-state index is -0.319. The lowest BCUT2D eigenvalue weighted by atomic mass is 10.2. The quantitative estimate of drug-likeness (QED) is 0.500. The zero-order valence-corrected chi connectivity index (χ0v) is 18.7. The van der Waals surface area contributed by atoms with E-state index in [-0.39, 0.29) is 5.91 Å². The summed E-state index contributed by atoms with van der Waals surface area (Å²) in [6.45, 7) is 7.51. The second-order valence-electron chi connectivity index (χ2n) is 6.82. The Labute approximate surface area is 187 Å². The second kappa shape index (κ2) is 10.8. The first-order chi connectivity index (χ1) is 15.0. The number of rotatable bonds is 10. The standard InChI is InChI=1S/C23H27ClN4O3/c1-4-27(5-2)13-14-31-22-16-18(9-10-21(22)30-3)25-23(29)20-11-12-28(26-20)19-8-6-7-17(24)15-19/h6-12,15-16H,4-5,13-14H2,1-3H3,(H,25,29). The first-order valence-electron chi connectivity index (χ1n) is 10.2. The normalized spacial score (nSPS) is 10.9. The molecule has 1 amide bonds. The summed E-state index contributed by atoms with van der Waals surface area (Å²) in [6, 6.07) is 14.2. The summed E-state index contributed by atoms with van der Waals surface area (Å²) in [5.74, 6) is 0.875. The van der Waals surface area contributed by atoms with Crippen LogP contribution >= 0.6 is 11.6 Å². The molecule has 0 fully saturated rings. The molecule has 0 aliphatic carbocycles. The molecule has 3 rings (SSSR count). The van der Waals surface area contributed by atoms with Crippen molar-refractivity contribution in [3.63, 3.8) is 0 Å². The molecule has 1 N–H and O–H groups in total. The molecule has 0 unspecified atom stereocenters. The van der Waals surface area contributed by atoms with E-state index in [0.29, 0.717) is 34.5 Å². The number of nitrogens with zero attached hydrogens (tertiary/aromatic N) is 3. The molecule has 164 valence electrons. The Balaban J connectivity index is 1.68. The molecule has 1 heterocycles. The summed E-state index contributed by atoms with van der Waals surface area (Å²) in [5, 5.41) is 7.81. The Bertz CT molecular complexity index is 1020. The number of nitrogens with one attached hydrogen (secondary N) is 1. The number of likely N-dealkylation sites (N-methyl/N-ethyl adjacent to an activating group) is 1. The van der Waals surface area contributed by atoms with Crippen LogP contribution in [-0.2, 0) is 0 Å². The third-order valence-electron chi connectivity index (χ3n) is 4.88. The van der Waals surface area contributed by atoms with E-state index in [1.807, 2.05) is 12.1 Å². The summed E-state index contributed by atoms with van der Waals surface area (Å²) in [4.78, 5) is 15.0. The number of hydrogen-bond donors (Lipinski definition) is 1. The van der Waals surface area contributed by atoms with E-state index >= 15 is 0 Å². The molecule has 8 heteroatoms. The van der Waals surface area contributed by atoms with Gasteiger partial charge in [0.25, 0.3) is 5.91 Å². The number of methoxy groups -OCH3 is 1. The van der Waals surface area contributed by atoms with E-state index in [1.165, 1.54) is 0 Å². The zero-order valence-electron chi connectivity index (χ0n) is 18.0. The number of halogens is 1. The maximum Gasteiger partial charge on any atom is 0.276 e. The van der Waals surface area contributed by atoms with Gasteiger partial charge in [-0.05, 0) is 49.5 Å². The summed E-state index contributed by atoms with van der Waals surface area (Å²) in [7, 11) is 1.59. The van der Waals surface area contributed by atoms with E-state index in [9.17, 15) is 4.79 Å². The van der Waals surface area contributed by atoms with Crippen LogP contribution in [0.2, 0.25) is 5.02 Å². The summed E-state index contributed by atoms with van der Waals surface area (Å²) < 4.78 is 12.9. The van der Waals surface area contributed by atoms with Crippen LogP contribution in [0.4, 0.5) is 5.69 Å². The van der Waals surface area contributed by atoms with Gasteiger partial charge in [0, 0.05) is 29.5 Å². The van der Waals surface area contributed by atoms with Gasteiger partial charge in [-0.15, -0.1) is 0 Å². The van der Waals surface area contributed by atoms with Crippen molar-refractivity contribution in [2.75, 3.05) is 38.7 Å². The number of carbonyl (C=O) groups is 1. The van der Waals surface area contributed by atoms with Crippen molar-refractivity contribution < 1.29 is 14.3 Å². The summed E-state index contributed by atoms with van der Waals surface area (Å²) >= 11 is 6.04. The molecule has 0 aliphatic heterocycles. The number of hydrogen-bond acceptors (Lipinski definition) is 5. The number of ether oxygens (including phenoxy) is 2.